The van der Waals surface area contributed by atoms with Crippen molar-refractivity contribution in [2.24, 2.45) is 0 Å². The number of thiazole rings is 1. The van der Waals surface area contributed by atoms with E-state index < -0.39 is 23.5 Å². The molecule has 0 saturated carbocycles. The van der Waals surface area contributed by atoms with E-state index in [0.717, 1.165) is 0 Å². The number of hydrogen-bond donors (Lipinski definition) is 2. The molecule has 1 aromatic carbocycles. The van der Waals surface area contributed by atoms with Gasteiger partial charge in [-0.2, -0.15) is 0 Å². The summed E-state index contributed by atoms with van der Waals surface area (Å²) in [4.78, 5) is 32.1. The number of ether oxygens (including phenoxy) is 2. The number of methoxy groups -OCH3 is 2. The van der Waals surface area contributed by atoms with Gasteiger partial charge in [0.15, 0.2) is 17.3 Å². The molecule has 0 saturated heterocycles. The van der Waals surface area contributed by atoms with Gasteiger partial charge in [-0.3, -0.25) is 9.59 Å². The molecule has 0 fully saturated rings. The fourth-order valence-corrected chi connectivity index (χ4v) is 4.26. The van der Waals surface area contributed by atoms with Gasteiger partial charge in [0.25, 0.3) is 5.91 Å². The van der Waals surface area contributed by atoms with Gasteiger partial charge in [0.05, 0.1) is 40.9 Å². The number of rotatable bonds is 7. The Balaban J connectivity index is 2.14. The van der Waals surface area contributed by atoms with Crippen LogP contribution >= 0.6 is 11.3 Å². The monoisotopic (exact) mass is 418 g/mol. The highest BCUT2D eigenvalue weighted by molar-refractivity contribution is 7.14. The molecule has 1 aromatic heterocycles. The second-order valence-electron chi connectivity index (χ2n) is 6.56. The summed E-state index contributed by atoms with van der Waals surface area (Å²) in [6.07, 6.45) is 0. The lowest BCUT2D eigenvalue weighted by Gasteiger charge is -2.26. The van der Waals surface area contributed by atoms with E-state index in [4.69, 9.17) is 9.47 Å². The Bertz CT molecular complexity index is 997. The molecule has 9 heteroatoms. The molecule has 0 radical (unpaired) electrons. The number of aromatic nitrogens is 1. The predicted molar refractivity (Wildman–Crippen MR) is 107 cm³/mol. The Kier molecular flexibility index (Phi) is 5.90. The van der Waals surface area contributed by atoms with E-state index in [-0.39, 0.29) is 30.2 Å². The number of benzene rings is 1. The SMILES string of the molecule is COCCN1C(=O)C(O)=C(C(=O)c2sc(C)nc2C)C1c1ccc(O)c(OC)c1. The van der Waals surface area contributed by atoms with Crippen LogP contribution in [0.1, 0.15) is 32.0 Å². The number of ketones is 1. The normalized spacial score (nSPS) is 16.6. The van der Waals surface area contributed by atoms with Gasteiger partial charge in [0.2, 0.25) is 5.78 Å². The molecule has 1 atom stereocenters. The van der Waals surface area contributed by atoms with Crippen molar-refractivity contribution in [3.05, 3.63) is 50.7 Å². The lowest BCUT2D eigenvalue weighted by atomic mass is 9.94. The lowest BCUT2D eigenvalue weighted by molar-refractivity contribution is -0.130. The molecule has 1 unspecified atom stereocenters. The minimum absolute atomic E-state index is 0.0226. The Morgan fingerprint density at radius 1 is 1.28 bits per heavy atom. The first-order valence-electron chi connectivity index (χ1n) is 8.88. The molecule has 29 heavy (non-hydrogen) atoms. The molecule has 0 aliphatic carbocycles. The zero-order valence-electron chi connectivity index (χ0n) is 16.6. The van der Waals surface area contributed by atoms with Crippen LogP contribution in [0.4, 0.5) is 0 Å². The van der Waals surface area contributed by atoms with Crippen LogP contribution in [0, 0.1) is 13.8 Å². The van der Waals surface area contributed by atoms with Crippen molar-refractivity contribution < 1.29 is 29.3 Å². The number of Topliss-reactive ketones (excluding diaryl/α,β-unsaturated/α-hetero) is 1. The number of nitrogens with zero attached hydrogens (tertiary/aromatic N) is 2. The minimum atomic E-state index is -0.846. The number of phenols is 1. The highest BCUT2D eigenvalue weighted by atomic mass is 32.1. The first kappa shape index (κ1) is 20.8. The smallest absolute Gasteiger partial charge is 0.290 e. The lowest BCUT2D eigenvalue weighted by Crippen LogP contribution is -2.34. The summed E-state index contributed by atoms with van der Waals surface area (Å²) in [7, 11) is 2.91. The summed E-state index contributed by atoms with van der Waals surface area (Å²) in [5, 5.41) is 21.2. The topological polar surface area (TPSA) is 109 Å². The van der Waals surface area contributed by atoms with E-state index in [1.54, 1.807) is 26.0 Å². The largest absolute Gasteiger partial charge is 0.504 e. The molecule has 0 spiro atoms. The molecule has 1 aliphatic heterocycles. The van der Waals surface area contributed by atoms with Crippen molar-refractivity contribution in [2.75, 3.05) is 27.4 Å². The van der Waals surface area contributed by atoms with Crippen LogP contribution in [-0.2, 0) is 9.53 Å². The average molecular weight is 418 g/mol. The van der Waals surface area contributed by atoms with Crippen molar-refractivity contribution in [2.45, 2.75) is 19.9 Å². The van der Waals surface area contributed by atoms with Gasteiger partial charge in [-0.05, 0) is 31.5 Å². The standard InChI is InChI=1S/C20H22N2O6S/c1-10-19(29-11(2)21-10)17(24)15-16(12-5-6-13(23)14(9-12)28-4)22(7-8-27-3)20(26)18(15)25/h5-6,9,16,23,25H,7-8H2,1-4H3. The third-order valence-electron chi connectivity index (χ3n) is 4.71. The minimum Gasteiger partial charge on any atom is -0.504 e. The Labute approximate surface area is 172 Å². The fourth-order valence-electron chi connectivity index (χ4n) is 3.38. The van der Waals surface area contributed by atoms with E-state index in [1.807, 2.05) is 0 Å². The maximum absolute atomic E-state index is 13.3. The summed E-state index contributed by atoms with van der Waals surface area (Å²) in [5.74, 6) is -1.56. The van der Waals surface area contributed by atoms with Crippen LogP contribution in [-0.4, -0.2) is 59.2 Å². The maximum Gasteiger partial charge on any atom is 0.290 e. The highest BCUT2D eigenvalue weighted by Gasteiger charge is 2.44. The Hall–Kier alpha value is -2.91. The second-order valence-corrected chi connectivity index (χ2v) is 7.77. The number of aliphatic hydroxyl groups excluding tert-OH is 1. The van der Waals surface area contributed by atoms with Crippen molar-refractivity contribution in [3.63, 3.8) is 0 Å². The highest BCUT2D eigenvalue weighted by Crippen LogP contribution is 2.42. The molecule has 0 bridgehead atoms. The van der Waals surface area contributed by atoms with Crippen molar-refractivity contribution in [3.8, 4) is 11.5 Å². The van der Waals surface area contributed by atoms with Crippen molar-refractivity contribution in [1.29, 1.82) is 0 Å². The first-order valence-corrected chi connectivity index (χ1v) is 9.70. The van der Waals surface area contributed by atoms with Crippen LogP contribution in [0.5, 0.6) is 11.5 Å². The van der Waals surface area contributed by atoms with Crippen molar-refractivity contribution >= 4 is 23.0 Å². The van der Waals surface area contributed by atoms with Crippen LogP contribution in [0.25, 0.3) is 0 Å². The average Bonchev–Trinajstić information content (AvgIpc) is 3.16. The maximum atomic E-state index is 13.3. The summed E-state index contributed by atoms with van der Waals surface area (Å²) in [6, 6.07) is 3.71. The second kappa shape index (κ2) is 8.22. The van der Waals surface area contributed by atoms with E-state index in [2.05, 4.69) is 4.98 Å². The summed E-state index contributed by atoms with van der Waals surface area (Å²) in [5.41, 5.74) is 1.05. The van der Waals surface area contributed by atoms with Crippen LogP contribution in [0.3, 0.4) is 0 Å². The van der Waals surface area contributed by atoms with Crippen LogP contribution < -0.4 is 4.74 Å². The van der Waals surface area contributed by atoms with Crippen LogP contribution in [0.15, 0.2) is 29.5 Å². The number of carbonyl (C=O) groups is 2. The summed E-state index contributed by atoms with van der Waals surface area (Å²) >= 11 is 1.21. The molecule has 2 N–H and O–H groups in total. The number of aliphatic hydroxyl groups is 1. The molecule has 3 rings (SSSR count). The third kappa shape index (κ3) is 3.70. The summed E-state index contributed by atoms with van der Waals surface area (Å²) in [6.45, 7) is 3.90. The van der Waals surface area contributed by atoms with Gasteiger partial charge in [-0.15, -0.1) is 11.3 Å². The van der Waals surface area contributed by atoms with E-state index in [1.165, 1.54) is 36.5 Å². The molecule has 8 nitrogen and oxygen atoms in total. The molecule has 2 aromatic rings. The number of carbonyl (C=O) groups excluding carboxylic acids is 2. The molecule has 1 aliphatic rings. The Morgan fingerprint density at radius 2 is 2.00 bits per heavy atom. The van der Waals surface area contributed by atoms with Gasteiger partial charge in [-0.1, -0.05) is 6.07 Å². The zero-order valence-corrected chi connectivity index (χ0v) is 17.4. The molecular formula is C20H22N2O6S. The van der Waals surface area contributed by atoms with Gasteiger partial charge < -0.3 is 24.6 Å². The quantitative estimate of drug-likeness (QED) is 0.666. The van der Waals surface area contributed by atoms with Gasteiger partial charge in [0.1, 0.15) is 0 Å². The molecule has 2 heterocycles. The summed E-state index contributed by atoms with van der Waals surface area (Å²) < 4.78 is 10.3. The number of phenolic OH excluding ortho intramolecular Hbond substituents is 1. The Morgan fingerprint density at radius 3 is 2.59 bits per heavy atom. The third-order valence-corrected chi connectivity index (χ3v) is 5.79. The number of aromatic hydroxyl groups is 1. The van der Waals surface area contributed by atoms with Gasteiger partial charge >= 0.3 is 0 Å². The number of aryl methyl sites for hydroxylation is 2. The zero-order chi connectivity index (χ0) is 21.3. The first-order chi connectivity index (χ1) is 13.8. The van der Waals surface area contributed by atoms with Crippen LogP contribution in [0.2, 0.25) is 0 Å². The van der Waals surface area contributed by atoms with E-state index in [0.29, 0.717) is 21.1 Å². The predicted octanol–water partition coefficient (Wildman–Crippen LogP) is 2.70. The fraction of sp³-hybridized carbons (Fsp3) is 0.350. The van der Waals surface area contributed by atoms with Gasteiger partial charge in [-0.25, -0.2) is 4.98 Å². The van der Waals surface area contributed by atoms with E-state index in [9.17, 15) is 19.8 Å². The molecular weight excluding hydrogens is 396 g/mol. The van der Waals surface area contributed by atoms with E-state index >= 15 is 0 Å². The number of amides is 1. The molecule has 154 valence electrons. The molecule has 1 amide bonds. The van der Waals surface area contributed by atoms with Gasteiger partial charge in [0, 0.05) is 13.7 Å². The van der Waals surface area contributed by atoms with Crippen molar-refractivity contribution in [1.82, 2.24) is 9.88 Å². The number of hydrogen-bond acceptors (Lipinski definition) is 8.